The van der Waals surface area contributed by atoms with Crippen molar-refractivity contribution in [1.82, 2.24) is 4.98 Å². The lowest BCUT2D eigenvalue weighted by molar-refractivity contribution is 0.181. The highest BCUT2D eigenvalue weighted by Crippen LogP contribution is 2.28. The summed E-state index contributed by atoms with van der Waals surface area (Å²) in [5.41, 5.74) is 1.22. The van der Waals surface area contributed by atoms with Gasteiger partial charge in [-0.2, -0.15) is 0 Å². The zero-order valence-corrected chi connectivity index (χ0v) is 9.49. The number of rotatable bonds is 3. The lowest BCUT2D eigenvalue weighted by atomic mass is 9.96. The lowest BCUT2D eigenvalue weighted by Crippen LogP contribution is -2.37. The van der Waals surface area contributed by atoms with Gasteiger partial charge in [-0.05, 0) is 19.8 Å². The summed E-state index contributed by atoms with van der Waals surface area (Å²) in [6.07, 6.45) is 2.17. The van der Waals surface area contributed by atoms with E-state index < -0.39 is 0 Å². The van der Waals surface area contributed by atoms with Crippen LogP contribution in [0.2, 0.25) is 0 Å². The fraction of sp³-hybridized carbons (Fsp3) is 0.700. The van der Waals surface area contributed by atoms with Crippen LogP contribution in [-0.2, 0) is 4.74 Å². The van der Waals surface area contributed by atoms with Crippen LogP contribution < -0.4 is 5.32 Å². The summed E-state index contributed by atoms with van der Waals surface area (Å²) in [7, 11) is 0. The molecule has 0 bridgehead atoms. The van der Waals surface area contributed by atoms with Gasteiger partial charge >= 0.3 is 0 Å². The van der Waals surface area contributed by atoms with E-state index in [9.17, 15) is 0 Å². The summed E-state index contributed by atoms with van der Waals surface area (Å²) in [5.74, 6) is 0. The summed E-state index contributed by atoms with van der Waals surface area (Å²) in [6.45, 7) is 5.89. The molecular weight excluding hydrogens is 196 g/mol. The number of hydrogen-bond acceptors (Lipinski definition) is 4. The number of aryl methyl sites for hydroxylation is 1. The molecule has 1 fully saturated rings. The van der Waals surface area contributed by atoms with E-state index in [2.05, 4.69) is 22.6 Å². The third-order valence-electron chi connectivity index (χ3n) is 2.77. The van der Waals surface area contributed by atoms with Gasteiger partial charge in [0.05, 0.1) is 17.8 Å². The average molecular weight is 212 g/mol. The number of nitrogens with zero attached hydrogens (tertiary/aromatic N) is 1. The number of nitrogens with one attached hydrogen (secondary N) is 1. The predicted octanol–water partition coefficient (Wildman–Crippen LogP) is 2.43. The minimum absolute atomic E-state index is 0.129. The molecule has 0 amide bonds. The Morgan fingerprint density at radius 1 is 1.71 bits per heavy atom. The molecule has 1 unspecified atom stereocenters. The Kier molecular flexibility index (Phi) is 2.74. The quantitative estimate of drug-likeness (QED) is 0.835. The first-order valence-electron chi connectivity index (χ1n) is 5.02. The zero-order valence-electron chi connectivity index (χ0n) is 8.67. The molecule has 1 aromatic heterocycles. The van der Waals surface area contributed by atoms with E-state index in [1.165, 1.54) is 0 Å². The van der Waals surface area contributed by atoms with Crippen LogP contribution >= 0.6 is 11.3 Å². The van der Waals surface area contributed by atoms with Crippen molar-refractivity contribution >= 4 is 16.5 Å². The molecule has 1 aliphatic heterocycles. The van der Waals surface area contributed by atoms with Gasteiger partial charge in [0, 0.05) is 12.0 Å². The number of hydrogen-bond donors (Lipinski definition) is 1. The SMILES string of the molecule is CCC1(Nc2nc(C)cs2)CCOC1. The highest BCUT2D eigenvalue weighted by Gasteiger charge is 2.33. The Balaban J connectivity index is 2.08. The van der Waals surface area contributed by atoms with E-state index in [1.807, 2.05) is 6.92 Å². The van der Waals surface area contributed by atoms with Crippen molar-refractivity contribution in [1.29, 1.82) is 0 Å². The normalized spacial score (nSPS) is 26.7. The highest BCUT2D eigenvalue weighted by molar-refractivity contribution is 7.13. The van der Waals surface area contributed by atoms with Crippen LogP contribution in [0.3, 0.4) is 0 Å². The van der Waals surface area contributed by atoms with Gasteiger partial charge in [-0.25, -0.2) is 4.98 Å². The lowest BCUT2D eigenvalue weighted by Gasteiger charge is -2.26. The summed E-state index contributed by atoms with van der Waals surface area (Å²) >= 11 is 1.67. The van der Waals surface area contributed by atoms with Gasteiger partial charge in [0.2, 0.25) is 0 Å². The first-order valence-corrected chi connectivity index (χ1v) is 5.90. The molecule has 0 saturated carbocycles. The van der Waals surface area contributed by atoms with Crippen molar-refractivity contribution < 1.29 is 4.74 Å². The molecule has 1 N–H and O–H groups in total. The van der Waals surface area contributed by atoms with Gasteiger partial charge in [-0.15, -0.1) is 11.3 Å². The molecule has 0 spiro atoms. The van der Waals surface area contributed by atoms with Crippen molar-refractivity contribution in [3.63, 3.8) is 0 Å². The highest BCUT2D eigenvalue weighted by atomic mass is 32.1. The van der Waals surface area contributed by atoms with Gasteiger partial charge in [0.15, 0.2) is 5.13 Å². The van der Waals surface area contributed by atoms with Crippen LogP contribution in [-0.4, -0.2) is 23.7 Å². The number of anilines is 1. The molecule has 4 heteroatoms. The van der Waals surface area contributed by atoms with Crippen molar-refractivity contribution in [3.05, 3.63) is 11.1 Å². The monoisotopic (exact) mass is 212 g/mol. The maximum Gasteiger partial charge on any atom is 0.183 e. The van der Waals surface area contributed by atoms with Gasteiger partial charge in [-0.3, -0.25) is 0 Å². The first kappa shape index (κ1) is 9.93. The van der Waals surface area contributed by atoms with Crippen LogP contribution in [0.4, 0.5) is 5.13 Å². The van der Waals surface area contributed by atoms with Crippen LogP contribution in [0.5, 0.6) is 0 Å². The molecule has 0 radical (unpaired) electrons. The Hall–Kier alpha value is -0.610. The summed E-state index contributed by atoms with van der Waals surface area (Å²) in [5, 5.41) is 6.60. The van der Waals surface area contributed by atoms with Gasteiger partial charge in [-0.1, -0.05) is 6.92 Å². The second-order valence-corrected chi connectivity index (χ2v) is 4.71. The summed E-state index contributed by atoms with van der Waals surface area (Å²) in [6, 6.07) is 0. The van der Waals surface area contributed by atoms with Crippen molar-refractivity contribution in [2.45, 2.75) is 32.2 Å². The zero-order chi connectivity index (χ0) is 10.0. The summed E-state index contributed by atoms with van der Waals surface area (Å²) < 4.78 is 5.44. The summed E-state index contributed by atoms with van der Waals surface area (Å²) in [4.78, 5) is 4.42. The van der Waals surface area contributed by atoms with Gasteiger partial charge < -0.3 is 10.1 Å². The smallest absolute Gasteiger partial charge is 0.183 e. The maximum absolute atomic E-state index is 5.44. The molecule has 0 aromatic carbocycles. The molecule has 1 saturated heterocycles. The number of aromatic nitrogens is 1. The third-order valence-corrected chi connectivity index (χ3v) is 3.65. The molecule has 0 aliphatic carbocycles. The Morgan fingerprint density at radius 2 is 2.57 bits per heavy atom. The first-order chi connectivity index (χ1) is 6.74. The number of thiazole rings is 1. The largest absolute Gasteiger partial charge is 0.379 e. The van der Waals surface area contributed by atoms with Crippen LogP contribution in [0, 0.1) is 6.92 Å². The van der Waals surface area contributed by atoms with E-state index >= 15 is 0 Å². The molecule has 14 heavy (non-hydrogen) atoms. The van der Waals surface area contributed by atoms with E-state index in [1.54, 1.807) is 11.3 Å². The van der Waals surface area contributed by atoms with E-state index in [0.717, 1.165) is 36.9 Å². The topological polar surface area (TPSA) is 34.2 Å². The van der Waals surface area contributed by atoms with Crippen molar-refractivity contribution in [3.8, 4) is 0 Å². The van der Waals surface area contributed by atoms with E-state index in [4.69, 9.17) is 4.74 Å². The standard InChI is InChI=1S/C10H16N2OS/c1-3-10(4-5-13-7-10)12-9-11-8(2)6-14-9/h6H,3-5,7H2,1-2H3,(H,11,12). The molecule has 1 atom stereocenters. The minimum Gasteiger partial charge on any atom is -0.379 e. The molecule has 3 nitrogen and oxygen atoms in total. The fourth-order valence-corrected chi connectivity index (χ4v) is 2.52. The third kappa shape index (κ3) is 1.91. The molecule has 78 valence electrons. The molecule has 1 aromatic rings. The molecule has 2 heterocycles. The molecular formula is C10H16N2OS. The molecule has 2 rings (SSSR count). The van der Waals surface area contributed by atoms with Gasteiger partial charge in [0.1, 0.15) is 0 Å². The van der Waals surface area contributed by atoms with Gasteiger partial charge in [0.25, 0.3) is 0 Å². The average Bonchev–Trinajstić information content (AvgIpc) is 2.77. The second kappa shape index (κ2) is 3.87. The van der Waals surface area contributed by atoms with Crippen molar-refractivity contribution in [2.24, 2.45) is 0 Å². The molecule has 1 aliphatic rings. The minimum atomic E-state index is 0.129. The maximum atomic E-state index is 5.44. The van der Waals surface area contributed by atoms with Crippen molar-refractivity contribution in [2.75, 3.05) is 18.5 Å². The fourth-order valence-electron chi connectivity index (χ4n) is 1.71. The Labute approximate surface area is 88.5 Å². The Bertz CT molecular complexity index is 305. The number of ether oxygens (including phenoxy) is 1. The van der Waals surface area contributed by atoms with E-state index in [0.29, 0.717) is 0 Å². The predicted molar refractivity (Wildman–Crippen MR) is 58.9 cm³/mol. The van der Waals surface area contributed by atoms with Crippen LogP contribution in [0.1, 0.15) is 25.5 Å². The van der Waals surface area contributed by atoms with Crippen LogP contribution in [0.15, 0.2) is 5.38 Å². The van der Waals surface area contributed by atoms with E-state index in [-0.39, 0.29) is 5.54 Å². The second-order valence-electron chi connectivity index (χ2n) is 3.86. The van der Waals surface area contributed by atoms with Crippen LogP contribution in [0.25, 0.3) is 0 Å². The Morgan fingerprint density at radius 3 is 3.07 bits per heavy atom.